The second-order valence-corrected chi connectivity index (χ2v) is 7.32. The number of fused-ring (bicyclic) bond motifs is 1. The summed E-state index contributed by atoms with van der Waals surface area (Å²) in [4.78, 5) is 0. The number of benzene rings is 1. The third kappa shape index (κ3) is 2.61. The molecule has 0 aliphatic heterocycles. The van der Waals surface area contributed by atoms with Crippen molar-refractivity contribution < 1.29 is 0 Å². The summed E-state index contributed by atoms with van der Waals surface area (Å²) in [6, 6.07) is 17.4. The monoisotopic (exact) mass is 320 g/mol. The zero-order chi connectivity index (χ0) is 16.6. The summed E-state index contributed by atoms with van der Waals surface area (Å²) in [5, 5.41) is 12.3. The average Bonchev–Trinajstić information content (AvgIpc) is 3.01. The van der Waals surface area contributed by atoms with Gasteiger partial charge in [0.2, 0.25) is 0 Å². The van der Waals surface area contributed by atoms with E-state index in [0.717, 1.165) is 24.4 Å². The Morgan fingerprint density at radius 3 is 2.67 bits per heavy atom. The highest BCUT2D eigenvalue weighted by Crippen LogP contribution is 2.52. The van der Waals surface area contributed by atoms with E-state index in [0.29, 0.717) is 12.0 Å². The van der Waals surface area contributed by atoms with E-state index in [1.165, 1.54) is 12.0 Å². The Morgan fingerprint density at radius 2 is 1.88 bits per heavy atom. The van der Waals surface area contributed by atoms with Gasteiger partial charge in [-0.3, -0.25) is 4.40 Å². The zero-order valence-electron chi connectivity index (χ0n) is 14.3. The molecule has 3 aromatic rings. The molecule has 4 nitrogen and oxygen atoms in total. The van der Waals surface area contributed by atoms with E-state index in [1.807, 2.05) is 24.4 Å². The molecule has 1 saturated carbocycles. The SMILES string of the molecule is CC1(C)[C@@H](NCCc2nnc3ccccn23)C[C@@H]1c1ccccc1. The van der Waals surface area contributed by atoms with E-state index in [1.54, 1.807) is 0 Å². The van der Waals surface area contributed by atoms with E-state index in [9.17, 15) is 0 Å². The minimum absolute atomic E-state index is 0.286. The zero-order valence-corrected chi connectivity index (χ0v) is 14.3. The van der Waals surface area contributed by atoms with Crippen molar-refractivity contribution in [2.75, 3.05) is 6.54 Å². The van der Waals surface area contributed by atoms with Crippen molar-refractivity contribution in [2.45, 2.75) is 38.6 Å². The topological polar surface area (TPSA) is 42.2 Å². The molecule has 1 aliphatic carbocycles. The molecular formula is C20H24N4. The van der Waals surface area contributed by atoms with Gasteiger partial charge < -0.3 is 5.32 Å². The second-order valence-electron chi connectivity index (χ2n) is 7.32. The van der Waals surface area contributed by atoms with Crippen LogP contribution in [-0.4, -0.2) is 27.2 Å². The van der Waals surface area contributed by atoms with Gasteiger partial charge in [0.1, 0.15) is 5.82 Å². The summed E-state index contributed by atoms with van der Waals surface area (Å²) >= 11 is 0. The van der Waals surface area contributed by atoms with Gasteiger partial charge >= 0.3 is 0 Å². The third-order valence-electron chi connectivity index (χ3n) is 5.59. The van der Waals surface area contributed by atoms with Gasteiger partial charge in [-0.1, -0.05) is 50.2 Å². The summed E-state index contributed by atoms with van der Waals surface area (Å²) in [5.41, 5.74) is 2.67. The first-order chi connectivity index (χ1) is 11.7. The number of nitrogens with zero attached hydrogens (tertiary/aromatic N) is 3. The van der Waals surface area contributed by atoms with Gasteiger partial charge in [0.05, 0.1) is 0 Å². The van der Waals surface area contributed by atoms with E-state index >= 15 is 0 Å². The lowest BCUT2D eigenvalue weighted by atomic mass is 9.56. The Labute approximate surface area is 142 Å². The number of hydrogen-bond acceptors (Lipinski definition) is 3. The van der Waals surface area contributed by atoms with Crippen LogP contribution in [0.15, 0.2) is 54.7 Å². The minimum atomic E-state index is 0.286. The molecular weight excluding hydrogens is 296 g/mol. The lowest BCUT2D eigenvalue weighted by Gasteiger charge is -2.53. The highest BCUT2D eigenvalue weighted by Gasteiger charge is 2.48. The quantitative estimate of drug-likeness (QED) is 0.783. The predicted octanol–water partition coefficient (Wildman–Crippen LogP) is 3.44. The Morgan fingerprint density at radius 1 is 1.08 bits per heavy atom. The fourth-order valence-electron chi connectivity index (χ4n) is 3.94. The van der Waals surface area contributed by atoms with Gasteiger partial charge in [-0.25, -0.2) is 0 Å². The first-order valence-corrected chi connectivity index (χ1v) is 8.73. The maximum Gasteiger partial charge on any atom is 0.160 e. The summed E-state index contributed by atoms with van der Waals surface area (Å²) in [5.74, 6) is 1.67. The van der Waals surface area contributed by atoms with Crippen LogP contribution in [0.4, 0.5) is 0 Å². The molecule has 0 unspecified atom stereocenters. The van der Waals surface area contributed by atoms with Gasteiger partial charge in [0.25, 0.3) is 0 Å². The van der Waals surface area contributed by atoms with Gasteiger partial charge in [-0.2, -0.15) is 0 Å². The Kier molecular flexibility index (Phi) is 3.85. The number of aromatic nitrogens is 3. The molecule has 1 aliphatic rings. The molecule has 0 saturated heterocycles. The minimum Gasteiger partial charge on any atom is -0.313 e. The average molecular weight is 320 g/mol. The number of hydrogen-bond donors (Lipinski definition) is 1. The van der Waals surface area contributed by atoms with Gasteiger partial charge in [0.15, 0.2) is 5.65 Å². The van der Waals surface area contributed by atoms with Crippen molar-refractivity contribution >= 4 is 5.65 Å². The van der Waals surface area contributed by atoms with Gasteiger partial charge in [-0.05, 0) is 35.4 Å². The summed E-state index contributed by atoms with van der Waals surface area (Å²) in [7, 11) is 0. The fourth-order valence-corrected chi connectivity index (χ4v) is 3.94. The van der Waals surface area contributed by atoms with Crippen LogP contribution < -0.4 is 5.32 Å². The predicted molar refractivity (Wildman–Crippen MR) is 96.1 cm³/mol. The highest BCUT2D eigenvalue weighted by atomic mass is 15.2. The molecule has 2 aromatic heterocycles. The van der Waals surface area contributed by atoms with Crippen LogP contribution in [0.25, 0.3) is 5.65 Å². The van der Waals surface area contributed by atoms with Crippen molar-refractivity contribution in [3.8, 4) is 0 Å². The van der Waals surface area contributed by atoms with Crippen molar-refractivity contribution in [3.63, 3.8) is 0 Å². The number of nitrogens with one attached hydrogen (secondary N) is 1. The molecule has 124 valence electrons. The van der Waals surface area contributed by atoms with Crippen LogP contribution >= 0.6 is 0 Å². The maximum absolute atomic E-state index is 4.31. The molecule has 2 heterocycles. The second kappa shape index (κ2) is 6.02. The molecule has 0 spiro atoms. The Hall–Kier alpha value is -2.20. The van der Waals surface area contributed by atoms with Crippen LogP contribution in [0.2, 0.25) is 0 Å². The molecule has 4 heteroatoms. The van der Waals surface area contributed by atoms with Gasteiger partial charge in [0, 0.05) is 25.2 Å². The molecule has 1 aromatic carbocycles. The summed E-state index contributed by atoms with van der Waals surface area (Å²) in [6.45, 7) is 5.68. The Bertz CT molecular complexity index is 822. The molecule has 1 N–H and O–H groups in total. The first-order valence-electron chi connectivity index (χ1n) is 8.73. The third-order valence-corrected chi connectivity index (χ3v) is 5.59. The number of pyridine rings is 1. The fraction of sp³-hybridized carbons (Fsp3) is 0.400. The van der Waals surface area contributed by atoms with Crippen LogP contribution in [0.1, 0.15) is 37.6 Å². The van der Waals surface area contributed by atoms with Crippen LogP contribution in [0, 0.1) is 5.41 Å². The molecule has 2 atom stereocenters. The molecule has 1 fully saturated rings. The molecule has 0 amide bonds. The highest BCUT2D eigenvalue weighted by molar-refractivity contribution is 5.37. The number of rotatable bonds is 5. The smallest absolute Gasteiger partial charge is 0.160 e. The van der Waals surface area contributed by atoms with Crippen molar-refractivity contribution in [2.24, 2.45) is 5.41 Å². The standard InChI is InChI=1S/C20H24N4/c1-20(2)16(15-8-4-3-5-9-15)14-17(20)21-12-11-19-23-22-18-10-6-7-13-24(18)19/h3-10,13,16-17,21H,11-12,14H2,1-2H3/t16-,17+/m1/s1. The largest absolute Gasteiger partial charge is 0.313 e. The first kappa shape index (κ1) is 15.3. The van der Waals surface area contributed by atoms with Crippen LogP contribution in [-0.2, 0) is 6.42 Å². The summed E-state index contributed by atoms with van der Waals surface area (Å²) in [6.07, 6.45) is 4.13. The maximum atomic E-state index is 4.31. The lowest BCUT2D eigenvalue weighted by molar-refractivity contribution is 0.0696. The molecule has 0 bridgehead atoms. The summed E-state index contributed by atoms with van der Waals surface area (Å²) < 4.78 is 2.07. The van der Waals surface area contributed by atoms with Crippen LogP contribution in [0.5, 0.6) is 0 Å². The molecule has 0 radical (unpaired) electrons. The van der Waals surface area contributed by atoms with E-state index in [2.05, 4.69) is 64.1 Å². The molecule has 4 rings (SSSR count). The van der Waals surface area contributed by atoms with E-state index in [4.69, 9.17) is 0 Å². The van der Waals surface area contributed by atoms with Gasteiger partial charge in [-0.15, -0.1) is 10.2 Å². The van der Waals surface area contributed by atoms with Crippen molar-refractivity contribution in [1.29, 1.82) is 0 Å². The van der Waals surface area contributed by atoms with Crippen molar-refractivity contribution in [3.05, 3.63) is 66.1 Å². The Balaban J connectivity index is 1.36. The van der Waals surface area contributed by atoms with E-state index < -0.39 is 0 Å². The lowest BCUT2D eigenvalue weighted by Crippen LogP contribution is -2.55. The van der Waals surface area contributed by atoms with Crippen LogP contribution in [0.3, 0.4) is 0 Å². The van der Waals surface area contributed by atoms with E-state index in [-0.39, 0.29) is 5.41 Å². The molecule has 24 heavy (non-hydrogen) atoms. The van der Waals surface area contributed by atoms with Crippen molar-refractivity contribution in [1.82, 2.24) is 19.9 Å². The normalized spacial score (nSPS) is 22.4.